The minimum Gasteiger partial charge on any atom is -0.435 e. The van der Waals surface area contributed by atoms with Gasteiger partial charge in [-0.15, -0.1) is 0 Å². The van der Waals surface area contributed by atoms with Crippen LogP contribution in [0.3, 0.4) is 0 Å². The van der Waals surface area contributed by atoms with E-state index in [0.29, 0.717) is 19.0 Å². The van der Waals surface area contributed by atoms with E-state index in [1.807, 2.05) is 0 Å². The summed E-state index contributed by atoms with van der Waals surface area (Å²) < 4.78 is 14.5. The van der Waals surface area contributed by atoms with Crippen molar-refractivity contribution in [3.63, 3.8) is 0 Å². The smallest absolute Gasteiger partial charge is 0.435 e. The Kier molecular flexibility index (Phi) is 8.61. The molecule has 26 heavy (non-hydrogen) atoms. The Labute approximate surface area is 156 Å². The second kappa shape index (κ2) is 10.7. The van der Waals surface area contributed by atoms with Crippen molar-refractivity contribution in [3.05, 3.63) is 0 Å². The number of hydrogen-bond acceptors (Lipinski definition) is 8. The normalized spacial score (nSPS) is 22.0. The van der Waals surface area contributed by atoms with Crippen molar-refractivity contribution in [1.29, 1.82) is 0 Å². The summed E-state index contributed by atoms with van der Waals surface area (Å²) >= 11 is 0. The average Bonchev–Trinajstić information content (AvgIpc) is 2.61. The zero-order valence-electron chi connectivity index (χ0n) is 16.3. The van der Waals surface area contributed by atoms with E-state index >= 15 is 0 Å². The molecule has 1 atom stereocenters. The Hall–Kier alpha value is -1.38. The molecule has 2 aliphatic heterocycles. The summed E-state index contributed by atoms with van der Waals surface area (Å²) in [5.41, 5.74) is 0. The monoisotopic (exact) mass is 371 g/mol. The molecule has 0 radical (unpaired) electrons. The van der Waals surface area contributed by atoms with Crippen LogP contribution in [-0.2, 0) is 19.0 Å². The number of piperidine rings is 1. The molecule has 2 aliphatic rings. The Morgan fingerprint density at radius 2 is 1.69 bits per heavy atom. The van der Waals surface area contributed by atoms with Gasteiger partial charge in [0, 0.05) is 45.7 Å². The van der Waals surface area contributed by atoms with Gasteiger partial charge in [0.25, 0.3) is 0 Å². The molecule has 2 saturated heterocycles. The SMILES string of the molecule is CCOC(=O)OC(C)OC(=O)CCN1CCC(N2CCN(C)CC2)CC1. The van der Waals surface area contributed by atoms with Crippen LogP contribution in [0.1, 0.15) is 33.1 Å². The molecule has 1 unspecified atom stereocenters. The maximum atomic E-state index is 11.9. The van der Waals surface area contributed by atoms with E-state index in [-0.39, 0.29) is 12.6 Å². The van der Waals surface area contributed by atoms with E-state index in [1.165, 1.54) is 6.92 Å². The third kappa shape index (κ3) is 7.09. The lowest BCUT2D eigenvalue weighted by molar-refractivity contribution is -0.168. The van der Waals surface area contributed by atoms with Crippen molar-refractivity contribution in [3.8, 4) is 0 Å². The first-order valence-corrected chi connectivity index (χ1v) is 9.65. The van der Waals surface area contributed by atoms with Crippen LogP contribution in [0.4, 0.5) is 4.79 Å². The highest BCUT2D eigenvalue weighted by molar-refractivity contribution is 5.70. The molecule has 2 fully saturated rings. The molecule has 150 valence electrons. The van der Waals surface area contributed by atoms with Crippen LogP contribution in [0.25, 0.3) is 0 Å². The van der Waals surface area contributed by atoms with Crippen molar-refractivity contribution < 1.29 is 23.8 Å². The molecular formula is C18H33N3O5. The van der Waals surface area contributed by atoms with Crippen LogP contribution in [0.5, 0.6) is 0 Å². The van der Waals surface area contributed by atoms with E-state index in [2.05, 4.69) is 26.5 Å². The van der Waals surface area contributed by atoms with Gasteiger partial charge >= 0.3 is 12.1 Å². The summed E-state index contributed by atoms with van der Waals surface area (Å²) in [6.07, 6.45) is 0.862. The molecule has 0 N–H and O–H groups in total. The van der Waals surface area contributed by atoms with Crippen molar-refractivity contribution in [2.45, 2.75) is 45.4 Å². The van der Waals surface area contributed by atoms with Crippen LogP contribution >= 0.6 is 0 Å². The lowest BCUT2D eigenvalue weighted by Crippen LogP contribution is -2.52. The Bertz CT molecular complexity index is 446. The number of likely N-dealkylation sites (N-methyl/N-ethyl adjacent to an activating group) is 1. The summed E-state index contributed by atoms with van der Waals surface area (Å²) in [7, 11) is 2.18. The predicted octanol–water partition coefficient (Wildman–Crippen LogP) is 1.15. The lowest BCUT2D eigenvalue weighted by Gasteiger charge is -2.42. The van der Waals surface area contributed by atoms with E-state index < -0.39 is 12.4 Å². The highest BCUT2D eigenvalue weighted by atomic mass is 16.8. The van der Waals surface area contributed by atoms with Gasteiger partial charge in [-0.25, -0.2) is 4.79 Å². The minimum atomic E-state index is -0.926. The largest absolute Gasteiger partial charge is 0.511 e. The lowest BCUT2D eigenvalue weighted by atomic mass is 10.0. The van der Waals surface area contributed by atoms with Gasteiger partial charge in [0.05, 0.1) is 13.0 Å². The molecular weight excluding hydrogens is 338 g/mol. The van der Waals surface area contributed by atoms with Gasteiger partial charge in [-0.05, 0) is 39.9 Å². The number of ether oxygens (including phenoxy) is 3. The van der Waals surface area contributed by atoms with Crippen LogP contribution in [0, 0.1) is 0 Å². The molecule has 0 aliphatic carbocycles. The number of nitrogens with zero attached hydrogens (tertiary/aromatic N) is 3. The number of piperazine rings is 1. The first kappa shape index (κ1) is 20.9. The van der Waals surface area contributed by atoms with Gasteiger partial charge in [0.15, 0.2) is 0 Å². The number of carbonyl (C=O) groups excluding carboxylic acids is 2. The van der Waals surface area contributed by atoms with E-state index in [9.17, 15) is 9.59 Å². The molecule has 2 rings (SSSR count). The second-order valence-corrected chi connectivity index (χ2v) is 7.02. The zero-order chi connectivity index (χ0) is 18.9. The molecule has 2 heterocycles. The third-order valence-corrected chi connectivity index (χ3v) is 5.07. The van der Waals surface area contributed by atoms with Crippen LogP contribution in [0.2, 0.25) is 0 Å². The van der Waals surface area contributed by atoms with Crippen molar-refractivity contribution in [2.75, 3.05) is 59.5 Å². The quantitative estimate of drug-likeness (QED) is 0.488. The first-order chi connectivity index (χ1) is 12.5. The first-order valence-electron chi connectivity index (χ1n) is 9.65. The van der Waals surface area contributed by atoms with Crippen molar-refractivity contribution in [1.82, 2.24) is 14.7 Å². The van der Waals surface area contributed by atoms with E-state index in [4.69, 9.17) is 9.47 Å². The molecule has 0 aromatic rings. The average molecular weight is 371 g/mol. The highest BCUT2D eigenvalue weighted by Crippen LogP contribution is 2.18. The molecule has 0 aromatic carbocycles. The number of esters is 1. The fourth-order valence-corrected chi connectivity index (χ4v) is 3.50. The molecule has 8 nitrogen and oxygen atoms in total. The number of rotatable bonds is 7. The Morgan fingerprint density at radius 1 is 1.04 bits per heavy atom. The summed E-state index contributed by atoms with van der Waals surface area (Å²) in [4.78, 5) is 30.4. The fraction of sp³-hybridized carbons (Fsp3) is 0.889. The van der Waals surface area contributed by atoms with Gasteiger partial charge in [-0.2, -0.15) is 0 Å². The molecule has 8 heteroatoms. The predicted molar refractivity (Wildman–Crippen MR) is 96.8 cm³/mol. The number of hydrogen-bond donors (Lipinski definition) is 0. The fourth-order valence-electron chi connectivity index (χ4n) is 3.50. The third-order valence-electron chi connectivity index (χ3n) is 5.07. The van der Waals surface area contributed by atoms with Gasteiger partial charge in [-0.1, -0.05) is 0 Å². The molecule has 0 aromatic heterocycles. The zero-order valence-corrected chi connectivity index (χ0v) is 16.3. The van der Waals surface area contributed by atoms with Crippen molar-refractivity contribution in [2.24, 2.45) is 0 Å². The maximum absolute atomic E-state index is 11.9. The maximum Gasteiger partial charge on any atom is 0.511 e. The highest BCUT2D eigenvalue weighted by Gasteiger charge is 2.27. The molecule has 0 saturated carbocycles. The molecule has 0 spiro atoms. The minimum absolute atomic E-state index is 0.226. The van der Waals surface area contributed by atoms with Gasteiger partial charge < -0.3 is 24.0 Å². The molecule has 0 bridgehead atoms. The summed E-state index contributed by atoms with van der Waals surface area (Å²) in [5.74, 6) is -0.358. The molecule has 0 amide bonds. The summed E-state index contributed by atoms with van der Waals surface area (Å²) in [6.45, 7) is 10.7. The van der Waals surface area contributed by atoms with Gasteiger partial charge in [0.1, 0.15) is 0 Å². The van der Waals surface area contributed by atoms with Crippen LogP contribution < -0.4 is 0 Å². The summed E-state index contributed by atoms with van der Waals surface area (Å²) in [5, 5.41) is 0. The topological polar surface area (TPSA) is 71.5 Å². The van der Waals surface area contributed by atoms with Crippen LogP contribution in [-0.4, -0.2) is 98.6 Å². The van der Waals surface area contributed by atoms with E-state index in [0.717, 1.165) is 52.1 Å². The summed E-state index contributed by atoms with van der Waals surface area (Å²) in [6, 6.07) is 0.671. The van der Waals surface area contributed by atoms with Crippen molar-refractivity contribution >= 4 is 12.1 Å². The standard InChI is InChI=1S/C18H33N3O5/c1-4-24-18(23)26-15(2)25-17(22)7-10-20-8-5-16(6-9-20)21-13-11-19(3)12-14-21/h15-16H,4-14H2,1-3H3. The number of likely N-dealkylation sites (tertiary alicyclic amines) is 1. The van der Waals surface area contributed by atoms with Gasteiger partial charge in [0.2, 0.25) is 6.29 Å². The van der Waals surface area contributed by atoms with Crippen LogP contribution in [0.15, 0.2) is 0 Å². The Morgan fingerprint density at radius 3 is 2.31 bits per heavy atom. The Balaban J connectivity index is 1.59. The number of carbonyl (C=O) groups is 2. The van der Waals surface area contributed by atoms with E-state index in [1.54, 1.807) is 6.92 Å². The second-order valence-electron chi connectivity index (χ2n) is 7.02. The van der Waals surface area contributed by atoms with Gasteiger partial charge in [-0.3, -0.25) is 9.69 Å².